The summed E-state index contributed by atoms with van der Waals surface area (Å²) < 4.78 is 28.4. The molecule has 8 heteroatoms. The van der Waals surface area contributed by atoms with Gasteiger partial charge >= 0.3 is 0 Å². The summed E-state index contributed by atoms with van der Waals surface area (Å²) in [5.74, 6) is -2.35. The van der Waals surface area contributed by atoms with Crippen LogP contribution in [0.15, 0.2) is 16.9 Å². The van der Waals surface area contributed by atoms with Gasteiger partial charge in [-0.05, 0) is 56.2 Å². The number of benzene rings is 1. The zero-order valence-electron chi connectivity index (χ0n) is 16.7. The fourth-order valence-corrected chi connectivity index (χ4v) is 4.37. The van der Waals surface area contributed by atoms with Crippen molar-refractivity contribution in [3.63, 3.8) is 0 Å². The van der Waals surface area contributed by atoms with Gasteiger partial charge in [0.2, 0.25) is 5.91 Å². The van der Waals surface area contributed by atoms with E-state index in [0.717, 1.165) is 31.7 Å². The molecular formula is C22H24F2N4O2. The molecule has 4 rings (SSSR count). The predicted molar refractivity (Wildman–Crippen MR) is 108 cm³/mol. The van der Waals surface area contributed by atoms with E-state index in [1.54, 1.807) is 0 Å². The number of halogens is 2. The summed E-state index contributed by atoms with van der Waals surface area (Å²) in [6.45, 7) is 2.46. The van der Waals surface area contributed by atoms with Crippen LogP contribution in [0.3, 0.4) is 0 Å². The first-order valence-electron chi connectivity index (χ1n) is 10.3. The van der Waals surface area contributed by atoms with Crippen molar-refractivity contribution in [2.75, 3.05) is 6.54 Å². The molecule has 3 N–H and O–H groups in total. The van der Waals surface area contributed by atoms with Crippen LogP contribution in [0.4, 0.5) is 8.78 Å². The van der Waals surface area contributed by atoms with Crippen LogP contribution in [0, 0.1) is 28.9 Å². The summed E-state index contributed by atoms with van der Waals surface area (Å²) in [5, 5.41) is 15.3. The number of hydrogen-bond donors (Lipinski definition) is 3. The number of nitrogens with one attached hydrogen (secondary N) is 3. The normalized spacial score (nSPS) is 22.5. The number of piperidine rings is 1. The molecule has 1 aromatic carbocycles. The molecule has 3 atom stereocenters. The monoisotopic (exact) mass is 414 g/mol. The molecule has 0 bridgehead atoms. The zero-order valence-corrected chi connectivity index (χ0v) is 16.7. The number of amides is 1. The molecule has 1 saturated heterocycles. The van der Waals surface area contributed by atoms with Crippen LogP contribution in [0.1, 0.15) is 49.7 Å². The van der Waals surface area contributed by atoms with Gasteiger partial charge in [0.25, 0.3) is 5.56 Å². The highest BCUT2D eigenvalue weighted by Gasteiger charge is 2.32. The van der Waals surface area contributed by atoms with Gasteiger partial charge in [-0.15, -0.1) is 0 Å². The van der Waals surface area contributed by atoms with Gasteiger partial charge in [-0.25, -0.2) is 8.78 Å². The molecule has 30 heavy (non-hydrogen) atoms. The number of rotatable bonds is 5. The molecule has 2 aromatic rings. The number of carbonyl (C=O) groups is 1. The summed E-state index contributed by atoms with van der Waals surface area (Å²) in [6.07, 6.45) is 2.92. The Labute approximate surface area is 172 Å². The minimum atomic E-state index is -0.987. The largest absolute Gasteiger partial charge is 0.352 e. The Bertz CT molecular complexity index is 1080. The van der Waals surface area contributed by atoms with E-state index in [1.165, 1.54) is 6.07 Å². The molecule has 2 aliphatic rings. The Morgan fingerprint density at radius 2 is 2.07 bits per heavy atom. The third-order valence-corrected chi connectivity index (χ3v) is 6.16. The maximum Gasteiger partial charge on any atom is 0.252 e. The van der Waals surface area contributed by atoms with E-state index in [4.69, 9.17) is 5.26 Å². The number of hydrogen-bond acceptors (Lipinski definition) is 4. The number of pyridine rings is 1. The number of H-pyrrole nitrogens is 1. The molecule has 1 aliphatic heterocycles. The van der Waals surface area contributed by atoms with E-state index >= 15 is 0 Å². The highest BCUT2D eigenvalue weighted by atomic mass is 19.2. The number of nitriles is 1. The third kappa shape index (κ3) is 3.94. The van der Waals surface area contributed by atoms with E-state index in [9.17, 15) is 18.4 Å². The van der Waals surface area contributed by atoms with Crippen molar-refractivity contribution < 1.29 is 13.6 Å². The van der Waals surface area contributed by atoms with E-state index in [-0.39, 0.29) is 52.7 Å². The van der Waals surface area contributed by atoms with Gasteiger partial charge < -0.3 is 15.6 Å². The van der Waals surface area contributed by atoms with Crippen LogP contribution < -0.4 is 16.2 Å². The van der Waals surface area contributed by atoms with Crippen molar-refractivity contribution in [2.45, 2.75) is 57.0 Å². The van der Waals surface area contributed by atoms with Crippen molar-refractivity contribution in [3.8, 4) is 6.07 Å². The Morgan fingerprint density at radius 1 is 1.30 bits per heavy atom. The van der Waals surface area contributed by atoms with Crippen LogP contribution in [0.2, 0.25) is 0 Å². The third-order valence-electron chi connectivity index (χ3n) is 6.16. The van der Waals surface area contributed by atoms with E-state index in [0.29, 0.717) is 12.1 Å². The maximum absolute atomic E-state index is 14.6. The van der Waals surface area contributed by atoms with Crippen molar-refractivity contribution in [1.29, 1.82) is 5.26 Å². The minimum absolute atomic E-state index is 0.0169. The van der Waals surface area contributed by atoms with Gasteiger partial charge in [0.15, 0.2) is 11.6 Å². The lowest BCUT2D eigenvalue weighted by molar-refractivity contribution is -0.121. The van der Waals surface area contributed by atoms with Gasteiger partial charge in [-0.2, -0.15) is 5.26 Å². The second kappa shape index (κ2) is 8.15. The molecule has 2 fully saturated rings. The molecular weight excluding hydrogens is 390 g/mol. The van der Waals surface area contributed by atoms with Gasteiger partial charge in [0.1, 0.15) is 0 Å². The van der Waals surface area contributed by atoms with Crippen LogP contribution in [0.25, 0.3) is 10.9 Å². The first-order valence-corrected chi connectivity index (χ1v) is 10.3. The molecule has 1 aromatic heterocycles. The summed E-state index contributed by atoms with van der Waals surface area (Å²) >= 11 is 0. The number of aromatic nitrogens is 1. The quantitative estimate of drug-likeness (QED) is 0.701. The maximum atomic E-state index is 14.6. The number of fused-ring (bicyclic) bond motifs is 1. The Balaban J connectivity index is 1.56. The summed E-state index contributed by atoms with van der Waals surface area (Å²) in [4.78, 5) is 28.0. The molecule has 2 unspecified atom stereocenters. The zero-order chi connectivity index (χ0) is 21.4. The molecule has 2 heterocycles. The Hall–Kier alpha value is -2.79. The van der Waals surface area contributed by atoms with E-state index in [2.05, 4.69) is 21.7 Å². The van der Waals surface area contributed by atoms with Gasteiger partial charge in [-0.3, -0.25) is 9.59 Å². The van der Waals surface area contributed by atoms with Crippen LogP contribution in [-0.2, 0) is 11.2 Å². The predicted octanol–water partition coefficient (Wildman–Crippen LogP) is 2.62. The molecule has 158 valence electrons. The van der Waals surface area contributed by atoms with Gasteiger partial charge in [-0.1, -0.05) is 0 Å². The Kier molecular flexibility index (Phi) is 5.56. The topological polar surface area (TPSA) is 97.8 Å². The highest BCUT2D eigenvalue weighted by molar-refractivity contribution is 5.87. The lowest BCUT2D eigenvalue weighted by Gasteiger charge is -2.31. The Morgan fingerprint density at radius 3 is 2.70 bits per heavy atom. The molecule has 6 nitrogen and oxygen atoms in total. The first kappa shape index (κ1) is 20.5. The smallest absolute Gasteiger partial charge is 0.252 e. The van der Waals surface area contributed by atoms with Gasteiger partial charge in [0, 0.05) is 29.6 Å². The van der Waals surface area contributed by atoms with Crippen LogP contribution >= 0.6 is 0 Å². The minimum Gasteiger partial charge on any atom is -0.352 e. The summed E-state index contributed by atoms with van der Waals surface area (Å²) in [7, 11) is 0. The van der Waals surface area contributed by atoms with E-state index in [1.807, 2.05) is 6.92 Å². The number of aromatic amines is 1. The second-order valence-corrected chi connectivity index (χ2v) is 8.36. The second-order valence-electron chi connectivity index (χ2n) is 8.36. The highest BCUT2D eigenvalue weighted by Crippen LogP contribution is 2.44. The fourth-order valence-electron chi connectivity index (χ4n) is 4.37. The van der Waals surface area contributed by atoms with Crippen LogP contribution in [-0.4, -0.2) is 29.5 Å². The lowest BCUT2D eigenvalue weighted by atomic mass is 9.92. The number of nitrogens with zero attached hydrogens (tertiary/aromatic N) is 1. The molecule has 1 saturated carbocycles. The van der Waals surface area contributed by atoms with Crippen molar-refractivity contribution in [1.82, 2.24) is 15.6 Å². The fraction of sp³-hybridized carbons (Fsp3) is 0.500. The van der Waals surface area contributed by atoms with Crippen LogP contribution in [0.5, 0.6) is 0 Å². The average molecular weight is 414 g/mol. The SMILES string of the molecule is C[C@H](NC(=O)Cc1c(C2CC2)c2c(F)c(F)ccc2[nH]c1=O)C1CCC(C#N)CN1. The van der Waals surface area contributed by atoms with Crippen molar-refractivity contribution in [2.24, 2.45) is 5.92 Å². The van der Waals surface area contributed by atoms with E-state index < -0.39 is 17.2 Å². The molecule has 0 radical (unpaired) electrons. The van der Waals surface area contributed by atoms with Crippen molar-refractivity contribution >= 4 is 16.8 Å². The number of carbonyl (C=O) groups excluding carboxylic acids is 1. The van der Waals surface area contributed by atoms with Gasteiger partial charge in [0.05, 0.1) is 23.9 Å². The van der Waals surface area contributed by atoms with Crippen molar-refractivity contribution in [3.05, 3.63) is 45.2 Å². The summed E-state index contributed by atoms with van der Waals surface area (Å²) in [6, 6.07) is 4.45. The molecule has 1 amide bonds. The molecule has 0 spiro atoms. The first-order chi connectivity index (χ1) is 14.4. The lowest BCUT2D eigenvalue weighted by Crippen LogP contribution is -2.52. The standard InChI is InChI=1S/C22H24F2N4O2/c1-11(16-6-2-12(9-25)10-26-16)27-18(29)8-14-19(13-3-4-13)20-17(28-22(14)30)7-5-15(23)21(20)24/h5,7,11-13,16,26H,2-4,6,8,10H2,1H3,(H,27,29)(H,28,30)/t11-,12?,16?/m0/s1. The average Bonchev–Trinajstić information content (AvgIpc) is 3.57. The molecule has 1 aliphatic carbocycles. The summed E-state index contributed by atoms with van der Waals surface area (Å²) in [5.41, 5.74) is 0.476.